The fraction of sp³-hybridized carbons (Fsp3) is 0.222. The van der Waals surface area contributed by atoms with E-state index in [1.807, 2.05) is 0 Å². The van der Waals surface area contributed by atoms with Crippen LogP contribution >= 0.6 is 0 Å². The van der Waals surface area contributed by atoms with Crippen molar-refractivity contribution in [3.8, 4) is 17.2 Å². The van der Waals surface area contributed by atoms with Crippen molar-refractivity contribution < 1.29 is 46.4 Å². The smallest absolute Gasteiger partial charge is 0.345 e. The molecule has 196 valence electrons. The molecule has 0 atom stereocenters. The second-order valence-corrected chi connectivity index (χ2v) is 10.5. The summed E-state index contributed by atoms with van der Waals surface area (Å²) in [7, 11) is -4.27. The molecule has 0 amide bonds. The van der Waals surface area contributed by atoms with E-state index in [1.165, 1.54) is 12.1 Å². The molecule has 0 radical (unpaired) electrons. The monoisotopic (exact) mass is 538 g/mol. The molecule has 3 aromatic carbocycles. The van der Waals surface area contributed by atoms with Crippen LogP contribution in [0.25, 0.3) is 21.8 Å². The van der Waals surface area contributed by atoms with Crippen LogP contribution in [-0.4, -0.2) is 49.0 Å². The number of nitrogens with zero attached hydrogens (tertiary/aromatic N) is 1. The van der Waals surface area contributed by atoms with Crippen LogP contribution in [0.3, 0.4) is 0 Å². The first kappa shape index (κ1) is 25.4. The number of hydrogen-bond acceptors (Lipinski definition) is 7. The fourth-order valence-electron chi connectivity index (χ4n) is 4.74. The number of aryl methyl sites for hydroxylation is 3. The van der Waals surface area contributed by atoms with E-state index in [0.717, 1.165) is 0 Å². The highest BCUT2D eigenvalue weighted by Crippen LogP contribution is 2.37. The lowest BCUT2D eigenvalue weighted by Gasteiger charge is -2.20. The number of aromatic carboxylic acids is 1. The number of carboxylic acids is 1. The van der Waals surface area contributed by atoms with Crippen molar-refractivity contribution >= 4 is 43.9 Å². The number of benzene rings is 3. The Balaban J connectivity index is 1.74. The standard InChI is InChI=1S/C27H23NO9S/c1-15-11-17(26(29)30)12-16(2)25(15)37-27(31)24-18-5-3-4-6-20(18)28(7-10-38(32,33)34)21-14-23-22(13-19(21)24)35-8-9-36-23/h3-6,11-14H,7-10H2,1-2H3,(H-,29,30,32,33,34)/p+1. The maximum atomic E-state index is 13.8. The van der Waals surface area contributed by atoms with Crippen LogP contribution in [0.2, 0.25) is 0 Å². The summed E-state index contributed by atoms with van der Waals surface area (Å²) in [6, 6.07) is 13.2. The van der Waals surface area contributed by atoms with Crippen LogP contribution in [0.5, 0.6) is 17.2 Å². The zero-order valence-electron chi connectivity index (χ0n) is 20.6. The van der Waals surface area contributed by atoms with E-state index < -0.39 is 27.8 Å². The van der Waals surface area contributed by atoms with E-state index in [9.17, 15) is 27.7 Å². The topological polar surface area (TPSA) is 140 Å². The number of para-hydroxylation sites is 1. The number of hydrogen-bond donors (Lipinski definition) is 2. The molecule has 0 saturated heterocycles. The molecule has 1 aliphatic rings. The van der Waals surface area contributed by atoms with Gasteiger partial charge in [-0.1, -0.05) is 12.1 Å². The average Bonchev–Trinajstić information content (AvgIpc) is 2.86. The highest BCUT2D eigenvalue weighted by atomic mass is 32.2. The summed E-state index contributed by atoms with van der Waals surface area (Å²) in [5.41, 5.74) is 2.30. The molecule has 1 aliphatic heterocycles. The highest BCUT2D eigenvalue weighted by Gasteiger charge is 2.29. The van der Waals surface area contributed by atoms with Crippen molar-refractivity contribution in [2.45, 2.75) is 20.4 Å². The van der Waals surface area contributed by atoms with Crippen LogP contribution in [-0.2, 0) is 16.7 Å². The molecule has 5 rings (SSSR count). The first-order chi connectivity index (χ1) is 18.0. The Morgan fingerprint density at radius 3 is 2.21 bits per heavy atom. The quantitative estimate of drug-likeness (QED) is 0.124. The maximum absolute atomic E-state index is 13.8. The van der Waals surface area contributed by atoms with Crippen molar-refractivity contribution in [1.82, 2.24) is 0 Å². The van der Waals surface area contributed by atoms with Crippen molar-refractivity contribution in [2.24, 2.45) is 0 Å². The molecule has 0 bridgehead atoms. The molecule has 0 unspecified atom stereocenters. The molecular weight excluding hydrogens is 514 g/mol. The lowest BCUT2D eigenvalue weighted by Crippen LogP contribution is -2.39. The molecule has 2 heterocycles. The van der Waals surface area contributed by atoms with Crippen molar-refractivity contribution in [2.75, 3.05) is 19.0 Å². The van der Waals surface area contributed by atoms with Gasteiger partial charge in [-0.15, -0.1) is 0 Å². The van der Waals surface area contributed by atoms with Gasteiger partial charge in [0.25, 0.3) is 10.1 Å². The highest BCUT2D eigenvalue weighted by molar-refractivity contribution is 7.85. The predicted octanol–water partition coefficient (Wildman–Crippen LogP) is 3.47. The minimum Gasteiger partial charge on any atom is -0.486 e. The number of aromatic nitrogens is 1. The Bertz CT molecular complexity index is 1720. The first-order valence-corrected chi connectivity index (χ1v) is 13.3. The Morgan fingerprint density at radius 2 is 1.58 bits per heavy atom. The number of ether oxygens (including phenoxy) is 3. The fourth-order valence-corrected chi connectivity index (χ4v) is 5.16. The van der Waals surface area contributed by atoms with Gasteiger partial charge in [0.05, 0.1) is 28.0 Å². The van der Waals surface area contributed by atoms with Gasteiger partial charge in [-0.05, 0) is 49.2 Å². The minimum atomic E-state index is -4.27. The zero-order valence-corrected chi connectivity index (χ0v) is 21.4. The Hall–Kier alpha value is -4.22. The summed E-state index contributed by atoms with van der Waals surface area (Å²) in [6.07, 6.45) is 0. The summed E-state index contributed by atoms with van der Waals surface area (Å²) < 4.78 is 51.7. The third-order valence-corrected chi connectivity index (χ3v) is 7.06. The number of esters is 1. The number of fused-ring (bicyclic) bond motifs is 3. The van der Waals surface area contributed by atoms with Crippen LogP contribution in [0.1, 0.15) is 31.8 Å². The predicted molar refractivity (Wildman–Crippen MR) is 137 cm³/mol. The number of carboxylic acid groups (broad SMARTS) is 1. The Labute approximate surface area is 217 Å². The molecule has 0 fully saturated rings. The van der Waals surface area contributed by atoms with Gasteiger partial charge in [-0.25, -0.2) is 9.59 Å². The molecule has 11 heteroatoms. The number of pyridine rings is 1. The van der Waals surface area contributed by atoms with Gasteiger partial charge in [0, 0.05) is 6.07 Å². The normalized spacial score (nSPS) is 13.0. The molecule has 10 nitrogen and oxygen atoms in total. The van der Waals surface area contributed by atoms with Gasteiger partial charge < -0.3 is 19.3 Å². The molecule has 1 aromatic heterocycles. The molecule has 0 saturated carbocycles. The van der Waals surface area contributed by atoms with E-state index >= 15 is 0 Å². The summed E-state index contributed by atoms with van der Waals surface area (Å²) in [4.78, 5) is 25.2. The number of rotatable bonds is 6. The molecular formula is C27H24NO9S+. The van der Waals surface area contributed by atoms with E-state index in [0.29, 0.717) is 57.6 Å². The lowest BCUT2D eigenvalue weighted by molar-refractivity contribution is -0.640. The van der Waals surface area contributed by atoms with Crippen LogP contribution < -0.4 is 18.8 Å². The maximum Gasteiger partial charge on any atom is 0.345 e. The van der Waals surface area contributed by atoms with E-state index in [1.54, 1.807) is 54.8 Å². The molecule has 38 heavy (non-hydrogen) atoms. The molecule has 2 N–H and O–H groups in total. The van der Waals surface area contributed by atoms with E-state index in [2.05, 4.69) is 0 Å². The van der Waals surface area contributed by atoms with E-state index in [-0.39, 0.29) is 23.4 Å². The second kappa shape index (κ2) is 9.58. The SMILES string of the molecule is Cc1cc(C(=O)O)cc(C)c1OC(=O)c1c2ccccc2[n+](CCS(=O)(=O)O)c2cc3c(cc12)OCCO3. The second-order valence-electron chi connectivity index (χ2n) is 8.98. The Kier molecular flexibility index (Phi) is 6.41. The third-order valence-electron chi connectivity index (χ3n) is 6.36. The van der Waals surface area contributed by atoms with Gasteiger partial charge >= 0.3 is 11.9 Å². The summed E-state index contributed by atoms with van der Waals surface area (Å²) >= 11 is 0. The summed E-state index contributed by atoms with van der Waals surface area (Å²) in [6.45, 7) is 3.89. The van der Waals surface area contributed by atoms with Crippen molar-refractivity contribution in [3.63, 3.8) is 0 Å². The van der Waals surface area contributed by atoms with Gasteiger partial charge in [0.1, 0.15) is 24.7 Å². The first-order valence-electron chi connectivity index (χ1n) is 11.7. The molecule has 0 aliphatic carbocycles. The van der Waals surface area contributed by atoms with Crippen LogP contribution in [0.4, 0.5) is 0 Å². The minimum absolute atomic E-state index is 0.0825. The van der Waals surface area contributed by atoms with E-state index in [4.69, 9.17) is 14.2 Å². The largest absolute Gasteiger partial charge is 0.486 e. The van der Waals surface area contributed by atoms with Gasteiger partial charge in [0.15, 0.2) is 18.0 Å². The van der Waals surface area contributed by atoms with Crippen LogP contribution in [0, 0.1) is 13.8 Å². The summed E-state index contributed by atoms with van der Waals surface area (Å²) in [5.74, 6) is -1.20. The van der Waals surface area contributed by atoms with Gasteiger partial charge in [0.2, 0.25) is 11.0 Å². The average molecular weight is 539 g/mol. The lowest BCUT2D eigenvalue weighted by atomic mass is 10.0. The van der Waals surface area contributed by atoms with Gasteiger partial charge in [-0.2, -0.15) is 13.0 Å². The Morgan fingerprint density at radius 1 is 0.947 bits per heavy atom. The third kappa shape index (κ3) is 4.73. The summed E-state index contributed by atoms with van der Waals surface area (Å²) in [5, 5.41) is 10.3. The van der Waals surface area contributed by atoms with Crippen LogP contribution in [0.15, 0.2) is 48.5 Å². The number of carbonyl (C=O) groups is 2. The molecule has 4 aromatic rings. The van der Waals surface area contributed by atoms with Crippen molar-refractivity contribution in [3.05, 3.63) is 70.8 Å². The molecule has 0 spiro atoms. The zero-order chi connectivity index (χ0) is 27.2. The van der Waals surface area contributed by atoms with Crippen molar-refractivity contribution in [1.29, 1.82) is 0 Å². The van der Waals surface area contributed by atoms with Gasteiger partial charge in [-0.3, -0.25) is 4.55 Å². The number of carbonyl (C=O) groups excluding carboxylic acids is 1.